The molecule has 1 heterocycles. The zero-order valence-electron chi connectivity index (χ0n) is 7.49. The molecule has 0 spiro atoms. The highest BCUT2D eigenvalue weighted by Gasteiger charge is 2.01. The van der Waals surface area contributed by atoms with Crippen molar-refractivity contribution in [3.8, 4) is 0 Å². The Hall–Kier alpha value is -1.03. The first-order valence-electron chi connectivity index (χ1n) is 4.08. The lowest BCUT2D eigenvalue weighted by atomic mass is 10.2. The highest BCUT2D eigenvalue weighted by atomic mass is 16.3. The van der Waals surface area contributed by atoms with Crippen molar-refractivity contribution in [3.05, 3.63) is 12.4 Å². The molecule has 0 saturated carbocycles. The number of aryl methyl sites for hydroxylation is 1. The van der Waals surface area contributed by atoms with E-state index in [1.807, 2.05) is 20.2 Å². The average molecular weight is 169 g/mol. The normalized spacial score (nSPS) is 12.9. The Bertz CT molecular complexity index is 234. The van der Waals surface area contributed by atoms with E-state index in [4.69, 9.17) is 5.11 Å². The Morgan fingerprint density at radius 2 is 2.50 bits per heavy atom. The van der Waals surface area contributed by atoms with E-state index in [1.165, 1.54) is 0 Å². The largest absolute Gasteiger partial charge is 0.396 e. The van der Waals surface area contributed by atoms with Crippen LogP contribution in [0.2, 0.25) is 0 Å². The van der Waals surface area contributed by atoms with E-state index in [-0.39, 0.29) is 6.61 Å². The van der Waals surface area contributed by atoms with Gasteiger partial charge in [-0.05, 0) is 13.3 Å². The second-order valence-corrected chi connectivity index (χ2v) is 2.96. The molecule has 0 aromatic carbocycles. The number of aromatic nitrogens is 2. The van der Waals surface area contributed by atoms with Crippen LogP contribution in [0.5, 0.6) is 0 Å². The second-order valence-electron chi connectivity index (χ2n) is 2.96. The number of nitrogens with one attached hydrogen (secondary N) is 1. The summed E-state index contributed by atoms with van der Waals surface area (Å²) in [6.07, 6.45) is 4.44. The lowest BCUT2D eigenvalue weighted by Gasteiger charge is -2.10. The average Bonchev–Trinajstić information content (AvgIpc) is 2.36. The van der Waals surface area contributed by atoms with Crippen LogP contribution < -0.4 is 5.32 Å². The maximum absolute atomic E-state index is 8.66. The lowest BCUT2D eigenvalue weighted by Crippen LogP contribution is -2.15. The second kappa shape index (κ2) is 4.11. The summed E-state index contributed by atoms with van der Waals surface area (Å²) < 4.78 is 1.74. The van der Waals surface area contributed by atoms with Crippen LogP contribution in [-0.4, -0.2) is 27.5 Å². The van der Waals surface area contributed by atoms with Gasteiger partial charge in [0, 0.05) is 25.9 Å². The fraction of sp³-hybridized carbons (Fsp3) is 0.625. The number of anilines is 1. The first kappa shape index (κ1) is 9.06. The molecule has 0 amide bonds. The van der Waals surface area contributed by atoms with Gasteiger partial charge >= 0.3 is 0 Å². The first-order chi connectivity index (χ1) is 5.72. The van der Waals surface area contributed by atoms with Gasteiger partial charge in [0.05, 0.1) is 11.9 Å². The van der Waals surface area contributed by atoms with Gasteiger partial charge in [0.2, 0.25) is 0 Å². The molecule has 0 fully saturated rings. The van der Waals surface area contributed by atoms with Gasteiger partial charge in [-0.1, -0.05) is 0 Å². The van der Waals surface area contributed by atoms with Gasteiger partial charge in [-0.25, -0.2) is 0 Å². The fourth-order valence-corrected chi connectivity index (χ4v) is 1.05. The summed E-state index contributed by atoms with van der Waals surface area (Å²) in [6.45, 7) is 2.25. The number of aliphatic hydroxyl groups excluding tert-OH is 1. The van der Waals surface area contributed by atoms with Crippen molar-refractivity contribution in [2.24, 2.45) is 7.05 Å². The highest BCUT2D eigenvalue weighted by Crippen LogP contribution is 2.06. The summed E-state index contributed by atoms with van der Waals surface area (Å²) in [4.78, 5) is 0. The standard InChI is InChI=1S/C8H15N3O/c1-7(3-4-12)10-8-5-9-11(2)6-8/h5-7,10,12H,3-4H2,1-2H3. The van der Waals surface area contributed by atoms with Crippen LogP contribution in [-0.2, 0) is 7.05 Å². The van der Waals surface area contributed by atoms with Crippen molar-refractivity contribution in [2.75, 3.05) is 11.9 Å². The van der Waals surface area contributed by atoms with Gasteiger partial charge in [-0.15, -0.1) is 0 Å². The highest BCUT2D eigenvalue weighted by molar-refractivity contribution is 5.38. The minimum absolute atomic E-state index is 0.217. The van der Waals surface area contributed by atoms with Crippen LogP contribution >= 0.6 is 0 Å². The van der Waals surface area contributed by atoms with Crippen molar-refractivity contribution in [1.82, 2.24) is 9.78 Å². The SMILES string of the molecule is CC(CCO)Nc1cnn(C)c1. The van der Waals surface area contributed by atoms with Crippen molar-refractivity contribution in [3.63, 3.8) is 0 Å². The molecule has 1 rings (SSSR count). The molecule has 1 atom stereocenters. The third-order valence-corrected chi connectivity index (χ3v) is 1.68. The van der Waals surface area contributed by atoms with E-state index < -0.39 is 0 Å². The summed E-state index contributed by atoms with van der Waals surface area (Å²) >= 11 is 0. The first-order valence-corrected chi connectivity index (χ1v) is 4.08. The van der Waals surface area contributed by atoms with Gasteiger partial charge < -0.3 is 10.4 Å². The van der Waals surface area contributed by atoms with Crippen LogP contribution in [0.25, 0.3) is 0 Å². The molecular weight excluding hydrogens is 154 g/mol. The number of rotatable bonds is 4. The monoisotopic (exact) mass is 169 g/mol. The third-order valence-electron chi connectivity index (χ3n) is 1.68. The molecule has 4 heteroatoms. The Morgan fingerprint density at radius 3 is 3.00 bits per heavy atom. The van der Waals surface area contributed by atoms with Crippen molar-refractivity contribution in [2.45, 2.75) is 19.4 Å². The lowest BCUT2D eigenvalue weighted by molar-refractivity contribution is 0.282. The molecule has 2 N–H and O–H groups in total. The topological polar surface area (TPSA) is 50.1 Å². The molecule has 0 aliphatic heterocycles. The minimum atomic E-state index is 0.217. The zero-order chi connectivity index (χ0) is 8.97. The van der Waals surface area contributed by atoms with Crippen LogP contribution in [0.1, 0.15) is 13.3 Å². The number of nitrogens with zero attached hydrogens (tertiary/aromatic N) is 2. The van der Waals surface area contributed by atoms with Gasteiger partial charge in [0.1, 0.15) is 0 Å². The quantitative estimate of drug-likeness (QED) is 0.694. The molecule has 0 saturated heterocycles. The minimum Gasteiger partial charge on any atom is -0.396 e. The van der Waals surface area contributed by atoms with Crippen molar-refractivity contribution >= 4 is 5.69 Å². The van der Waals surface area contributed by atoms with Gasteiger partial charge in [0.25, 0.3) is 0 Å². The molecule has 4 nitrogen and oxygen atoms in total. The molecule has 1 aromatic heterocycles. The van der Waals surface area contributed by atoms with Gasteiger partial charge in [0.15, 0.2) is 0 Å². The maximum atomic E-state index is 8.66. The zero-order valence-corrected chi connectivity index (χ0v) is 7.49. The maximum Gasteiger partial charge on any atom is 0.0728 e. The van der Waals surface area contributed by atoms with E-state index in [0.29, 0.717) is 6.04 Å². The molecular formula is C8H15N3O. The van der Waals surface area contributed by atoms with E-state index in [0.717, 1.165) is 12.1 Å². The molecule has 0 aliphatic rings. The van der Waals surface area contributed by atoms with Crippen molar-refractivity contribution < 1.29 is 5.11 Å². The van der Waals surface area contributed by atoms with Crippen LogP contribution in [0.15, 0.2) is 12.4 Å². The Kier molecular flexibility index (Phi) is 3.10. The van der Waals surface area contributed by atoms with Crippen LogP contribution in [0, 0.1) is 0 Å². The smallest absolute Gasteiger partial charge is 0.0728 e. The number of hydrogen-bond donors (Lipinski definition) is 2. The molecule has 1 unspecified atom stereocenters. The summed E-state index contributed by atoms with van der Waals surface area (Å²) in [5.74, 6) is 0. The molecule has 0 bridgehead atoms. The summed E-state index contributed by atoms with van der Waals surface area (Å²) in [5, 5.41) is 15.9. The predicted molar refractivity (Wildman–Crippen MR) is 48.0 cm³/mol. The Labute approximate surface area is 72.2 Å². The number of hydrogen-bond acceptors (Lipinski definition) is 3. The summed E-state index contributed by atoms with van der Waals surface area (Å²) in [7, 11) is 1.88. The van der Waals surface area contributed by atoms with Crippen LogP contribution in [0.3, 0.4) is 0 Å². The third kappa shape index (κ3) is 2.54. The Morgan fingerprint density at radius 1 is 1.75 bits per heavy atom. The molecule has 1 aromatic rings. The summed E-state index contributed by atoms with van der Waals surface area (Å²) in [5.41, 5.74) is 0.999. The predicted octanol–water partition coefficient (Wildman–Crippen LogP) is 0.603. The van der Waals surface area contributed by atoms with Crippen LogP contribution in [0.4, 0.5) is 5.69 Å². The van der Waals surface area contributed by atoms with E-state index in [1.54, 1.807) is 10.9 Å². The summed E-state index contributed by atoms with van der Waals surface area (Å²) in [6, 6.07) is 0.291. The molecule has 0 aliphatic carbocycles. The number of aliphatic hydroxyl groups is 1. The van der Waals surface area contributed by atoms with E-state index >= 15 is 0 Å². The Balaban J connectivity index is 2.41. The van der Waals surface area contributed by atoms with E-state index in [9.17, 15) is 0 Å². The van der Waals surface area contributed by atoms with Gasteiger partial charge in [-0.3, -0.25) is 4.68 Å². The molecule has 68 valence electrons. The van der Waals surface area contributed by atoms with Gasteiger partial charge in [-0.2, -0.15) is 5.10 Å². The molecule has 0 radical (unpaired) electrons. The van der Waals surface area contributed by atoms with Crippen molar-refractivity contribution in [1.29, 1.82) is 0 Å². The fourth-order valence-electron chi connectivity index (χ4n) is 1.05. The molecule has 12 heavy (non-hydrogen) atoms. The van der Waals surface area contributed by atoms with E-state index in [2.05, 4.69) is 10.4 Å².